The molecule has 0 aliphatic heterocycles. The first-order chi connectivity index (χ1) is 12.8. The number of aryl methyl sites for hydroxylation is 1. The number of amides is 1. The summed E-state index contributed by atoms with van der Waals surface area (Å²) in [7, 11) is -3.67. The third kappa shape index (κ3) is 4.86. The van der Waals surface area contributed by atoms with Crippen molar-refractivity contribution in [3.8, 4) is 0 Å². The average Bonchev–Trinajstić information content (AvgIpc) is 3.01. The van der Waals surface area contributed by atoms with Gasteiger partial charge in [-0.05, 0) is 12.5 Å². The summed E-state index contributed by atoms with van der Waals surface area (Å²) in [6.07, 6.45) is 5.68. The summed E-state index contributed by atoms with van der Waals surface area (Å²) >= 11 is 1.28. The van der Waals surface area contributed by atoms with E-state index in [1.165, 1.54) is 11.3 Å². The number of nitrogens with zero attached hydrogens (tertiary/aromatic N) is 4. The SMILES string of the molecule is Cc1sc(N(Cc2ccccc2)c2cnccn2)nc1C(=O)NS(C)(=O)=O. The maximum atomic E-state index is 12.2. The second kappa shape index (κ2) is 7.80. The summed E-state index contributed by atoms with van der Waals surface area (Å²) in [4.78, 5) is 27.4. The van der Waals surface area contributed by atoms with Gasteiger partial charge in [0.15, 0.2) is 10.9 Å². The molecule has 0 spiro atoms. The molecule has 0 radical (unpaired) electrons. The monoisotopic (exact) mass is 403 g/mol. The van der Waals surface area contributed by atoms with Crippen LogP contribution in [0.4, 0.5) is 10.9 Å². The summed E-state index contributed by atoms with van der Waals surface area (Å²) in [6, 6.07) is 9.74. The fourth-order valence-corrected chi connectivity index (χ4v) is 3.72. The van der Waals surface area contributed by atoms with E-state index in [2.05, 4.69) is 15.0 Å². The van der Waals surface area contributed by atoms with Crippen LogP contribution in [0, 0.1) is 6.92 Å². The molecule has 0 saturated heterocycles. The summed E-state index contributed by atoms with van der Waals surface area (Å²) in [5.74, 6) is -0.179. The van der Waals surface area contributed by atoms with Crippen LogP contribution in [0.5, 0.6) is 0 Å². The molecule has 3 rings (SSSR count). The van der Waals surface area contributed by atoms with E-state index < -0.39 is 15.9 Å². The number of thiazole rings is 1. The Balaban J connectivity index is 1.98. The molecular weight excluding hydrogens is 386 g/mol. The van der Waals surface area contributed by atoms with Crippen LogP contribution in [-0.4, -0.2) is 35.5 Å². The van der Waals surface area contributed by atoms with Crippen molar-refractivity contribution >= 4 is 38.2 Å². The topological polar surface area (TPSA) is 105 Å². The molecule has 140 valence electrons. The van der Waals surface area contributed by atoms with Crippen molar-refractivity contribution in [1.82, 2.24) is 19.7 Å². The molecule has 2 heterocycles. The van der Waals surface area contributed by atoms with E-state index in [4.69, 9.17) is 0 Å². The highest BCUT2D eigenvalue weighted by Gasteiger charge is 2.22. The molecule has 2 aromatic heterocycles. The predicted molar refractivity (Wildman–Crippen MR) is 103 cm³/mol. The highest BCUT2D eigenvalue weighted by Crippen LogP contribution is 2.31. The van der Waals surface area contributed by atoms with Crippen molar-refractivity contribution in [2.75, 3.05) is 11.2 Å². The normalized spacial score (nSPS) is 11.2. The van der Waals surface area contributed by atoms with Crippen molar-refractivity contribution in [3.05, 3.63) is 65.1 Å². The third-order valence-corrected chi connectivity index (χ3v) is 5.07. The highest BCUT2D eigenvalue weighted by atomic mass is 32.2. The van der Waals surface area contributed by atoms with Crippen molar-refractivity contribution in [2.45, 2.75) is 13.5 Å². The number of hydrogen-bond acceptors (Lipinski definition) is 8. The van der Waals surface area contributed by atoms with E-state index in [1.54, 1.807) is 25.5 Å². The zero-order valence-corrected chi connectivity index (χ0v) is 16.3. The second-order valence-corrected chi connectivity index (χ2v) is 8.67. The number of anilines is 2. The van der Waals surface area contributed by atoms with Crippen molar-refractivity contribution < 1.29 is 13.2 Å². The van der Waals surface area contributed by atoms with E-state index in [9.17, 15) is 13.2 Å². The number of rotatable bonds is 6. The lowest BCUT2D eigenvalue weighted by Crippen LogP contribution is -2.30. The van der Waals surface area contributed by atoms with Gasteiger partial charge in [-0.2, -0.15) is 0 Å². The van der Waals surface area contributed by atoms with E-state index in [0.29, 0.717) is 22.4 Å². The summed E-state index contributed by atoms with van der Waals surface area (Å²) < 4.78 is 24.6. The van der Waals surface area contributed by atoms with Crippen LogP contribution in [0.3, 0.4) is 0 Å². The van der Waals surface area contributed by atoms with Crippen molar-refractivity contribution in [1.29, 1.82) is 0 Å². The molecule has 3 aromatic rings. The largest absolute Gasteiger partial charge is 0.297 e. The Hall–Kier alpha value is -2.85. The lowest BCUT2D eigenvalue weighted by Gasteiger charge is -2.20. The zero-order chi connectivity index (χ0) is 19.4. The number of nitrogens with one attached hydrogen (secondary N) is 1. The number of carbonyl (C=O) groups is 1. The fourth-order valence-electron chi connectivity index (χ4n) is 2.37. The van der Waals surface area contributed by atoms with Gasteiger partial charge in [0.1, 0.15) is 5.69 Å². The zero-order valence-electron chi connectivity index (χ0n) is 14.7. The Morgan fingerprint density at radius 3 is 2.59 bits per heavy atom. The van der Waals surface area contributed by atoms with Crippen molar-refractivity contribution in [2.24, 2.45) is 0 Å². The van der Waals surface area contributed by atoms with Gasteiger partial charge in [-0.15, -0.1) is 11.3 Å². The Morgan fingerprint density at radius 2 is 1.96 bits per heavy atom. The molecule has 0 atom stereocenters. The Labute approximate surface area is 161 Å². The van der Waals surface area contributed by atoms with Gasteiger partial charge in [0.05, 0.1) is 19.0 Å². The molecule has 0 saturated carbocycles. The molecule has 0 aliphatic carbocycles. The first-order valence-electron chi connectivity index (χ1n) is 7.90. The fraction of sp³-hybridized carbons (Fsp3) is 0.176. The van der Waals surface area contributed by atoms with E-state index in [0.717, 1.165) is 11.8 Å². The third-order valence-electron chi connectivity index (χ3n) is 3.52. The smallest absolute Gasteiger partial charge is 0.284 e. The lowest BCUT2D eigenvalue weighted by atomic mass is 10.2. The average molecular weight is 403 g/mol. The van der Waals surface area contributed by atoms with E-state index >= 15 is 0 Å². The highest BCUT2D eigenvalue weighted by molar-refractivity contribution is 7.89. The lowest BCUT2D eigenvalue weighted by molar-refractivity contribution is 0.0977. The van der Waals surface area contributed by atoms with Crippen LogP contribution in [0.2, 0.25) is 0 Å². The quantitative estimate of drug-likeness (QED) is 0.673. The maximum Gasteiger partial charge on any atom is 0.284 e. The second-order valence-electron chi connectivity index (χ2n) is 5.74. The van der Waals surface area contributed by atoms with Crippen LogP contribution < -0.4 is 9.62 Å². The van der Waals surface area contributed by atoms with Crippen LogP contribution in [0.25, 0.3) is 0 Å². The summed E-state index contributed by atoms with van der Waals surface area (Å²) in [6.45, 7) is 2.19. The van der Waals surface area contributed by atoms with Gasteiger partial charge in [0.2, 0.25) is 10.0 Å². The summed E-state index contributed by atoms with van der Waals surface area (Å²) in [5, 5.41) is 0.524. The van der Waals surface area contributed by atoms with E-state index in [1.807, 2.05) is 40.0 Å². The van der Waals surface area contributed by atoms with Gasteiger partial charge >= 0.3 is 0 Å². The molecule has 10 heteroatoms. The number of benzene rings is 1. The van der Waals surface area contributed by atoms with Gasteiger partial charge in [-0.25, -0.2) is 23.1 Å². The van der Waals surface area contributed by atoms with Crippen LogP contribution in [0.1, 0.15) is 20.9 Å². The molecule has 0 aliphatic rings. The molecule has 8 nitrogen and oxygen atoms in total. The number of carbonyl (C=O) groups excluding carboxylic acids is 1. The first kappa shape index (κ1) is 18.9. The predicted octanol–water partition coefficient (Wildman–Crippen LogP) is 2.27. The van der Waals surface area contributed by atoms with Gasteiger partial charge in [0, 0.05) is 17.3 Å². The molecule has 1 aromatic carbocycles. The van der Waals surface area contributed by atoms with Crippen molar-refractivity contribution in [3.63, 3.8) is 0 Å². The Kier molecular flexibility index (Phi) is 5.47. The molecule has 27 heavy (non-hydrogen) atoms. The van der Waals surface area contributed by atoms with Crippen LogP contribution in [-0.2, 0) is 16.6 Å². The summed E-state index contributed by atoms with van der Waals surface area (Å²) in [5.41, 5.74) is 1.10. The Bertz CT molecular complexity index is 1040. The van der Waals surface area contributed by atoms with E-state index in [-0.39, 0.29) is 5.69 Å². The van der Waals surface area contributed by atoms with Gasteiger partial charge in [-0.1, -0.05) is 30.3 Å². The van der Waals surface area contributed by atoms with Crippen LogP contribution >= 0.6 is 11.3 Å². The first-order valence-corrected chi connectivity index (χ1v) is 10.6. The van der Waals surface area contributed by atoms with Gasteiger partial charge < -0.3 is 0 Å². The molecule has 0 fully saturated rings. The molecule has 0 unspecified atom stereocenters. The molecule has 0 bridgehead atoms. The molecular formula is C17H17N5O3S2. The van der Waals surface area contributed by atoms with Gasteiger partial charge in [-0.3, -0.25) is 14.7 Å². The number of aromatic nitrogens is 3. The minimum Gasteiger partial charge on any atom is -0.297 e. The standard InChI is InChI=1S/C17H17N5O3S2/c1-12-15(16(23)21-27(2,24)25)20-17(26-12)22(14-10-18-8-9-19-14)11-13-6-4-3-5-7-13/h3-10H,11H2,1-2H3,(H,21,23). The maximum absolute atomic E-state index is 12.2. The number of sulfonamides is 1. The van der Waals surface area contributed by atoms with Gasteiger partial charge in [0.25, 0.3) is 5.91 Å². The molecule has 1 amide bonds. The van der Waals surface area contributed by atoms with Crippen LogP contribution in [0.15, 0.2) is 48.9 Å². The minimum absolute atomic E-state index is 0.0716. The molecule has 1 N–H and O–H groups in total. The Morgan fingerprint density at radius 1 is 1.22 bits per heavy atom. The number of hydrogen-bond donors (Lipinski definition) is 1. The minimum atomic E-state index is -3.67.